The zero-order valence-electron chi connectivity index (χ0n) is 17.2. The van der Waals surface area contributed by atoms with Crippen molar-refractivity contribution in [3.63, 3.8) is 0 Å². The van der Waals surface area contributed by atoms with Crippen molar-refractivity contribution in [3.05, 3.63) is 114 Å². The van der Waals surface area contributed by atoms with Gasteiger partial charge >= 0.3 is 0 Å². The normalized spacial score (nSPS) is 11.3. The maximum atomic E-state index is 13.4. The van der Waals surface area contributed by atoms with Crippen molar-refractivity contribution >= 4 is 11.6 Å². The molecule has 1 amide bonds. The van der Waals surface area contributed by atoms with Gasteiger partial charge in [0, 0.05) is 16.7 Å². The van der Waals surface area contributed by atoms with E-state index in [2.05, 4.69) is 15.5 Å². The van der Waals surface area contributed by atoms with Gasteiger partial charge in [-0.15, -0.1) is 0 Å². The van der Waals surface area contributed by atoms with Crippen LogP contribution in [0.1, 0.15) is 22.8 Å². The average molecular weight is 427 g/mol. The van der Waals surface area contributed by atoms with E-state index in [1.54, 1.807) is 43.3 Å². The maximum absolute atomic E-state index is 13.4. The minimum atomic E-state index is -0.422. The number of hydrazone groups is 1. The van der Waals surface area contributed by atoms with E-state index in [0.29, 0.717) is 33.8 Å². The van der Waals surface area contributed by atoms with Gasteiger partial charge in [-0.2, -0.15) is 5.10 Å². The predicted molar refractivity (Wildman–Crippen MR) is 121 cm³/mol. The number of carbonyl (C=O) groups excluding carboxylic acids is 1. The second-order valence-corrected chi connectivity index (χ2v) is 7.14. The average Bonchev–Trinajstić information content (AvgIpc) is 2.83. The molecule has 0 saturated carbocycles. The van der Waals surface area contributed by atoms with Crippen molar-refractivity contribution in [3.8, 4) is 22.5 Å². The summed E-state index contributed by atoms with van der Waals surface area (Å²) in [5, 5.41) is 4.14. The SMILES string of the molecule is C/C(=N\NC(=O)c1cc(-c2ccccc2)nc(-c2ccc(F)cc2)c1)c1ccc(F)cc1. The first-order valence-corrected chi connectivity index (χ1v) is 9.93. The van der Waals surface area contributed by atoms with E-state index in [1.165, 1.54) is 24.3 Å². The highest BCUT2D eigenvalue weighted by Gasteiger charge is 2.13. The molecule has 32 heavy (non-hydrogen) atoms. The summed E-state index contributed by atoms with van der Waals surface area (Å²) in [5.74, 6) is -1.12. The summed E-state index contributed by atoms with van der Waals surface area (Å²) in [4.78, 5) is 17.6. The van der Waals surface area contributed by atoms with Gasteiger partial charge in [-0.05, 0) is 61.0 Å². The lowest BCUT2D eigenvalue weighted by Gasteiger charge is -2.09. The van der Waals surface area contributed by atoms with E-state index < -0.39 is 5.91 Å². The minimum Gasteiger partial charge on any atom is -0.267 e. The van der Waals surface area contributed by atoms with Crippen molar-refractivity contribution in [1.29, 1.82) is 0 Å². The summed E-state index contributed by atoms with van der Waals surface area (Å²) < 4.78 is 26.5. The number of carbonyl (C=O) groups is 1. The summed E-state index contributed by atoms with van der Waals surface area (Å²) >= 11 is 0. The molecule has 1 aromatic heterocycles. The predicted octanol–water partition coefficient (Wildman–Crippen LogP) is 5.85. The summed E-state index contributed by atoms with van der Waals surface area (Å²) in [6, 6.07) is 24.6. The van der Waals surface area contributed by atoms with E-state index in [9.17, 15) is 13.6 Å². The van der Waals surface area contributed by atoms with Gasteiger partial charge in [-0.25, -0.2) is 19.2 Å². The molecule has 3 aromatic carbocycles. The molecule has 6 heteroatoms. The van der Waals surface area contributed by atoms with Crippen LogP contribution < -0.4 is 5.43 Å². The number of amides is 1. The van der Waals surface area contributed by atoms with Gasteiger partial charge in [0.1, 0.15) is 11.6 Å². The van der Waals surface area contributed by atoms with Crippen molar-refractivity contribution in [2.75, 3.05) is 0 Å². The monoisotopic (exact) mass is 427 g/mol. The molecule has 4 rings (SSSR count). The summed E-state index contributed by atoms with van der Waals surface area (Å²) in [7, 11) is 0. The molecular formula is C26H19F2N3O. The highest BCUT2D eigenvalue weighted by molar-refractivity contribution is 6.01. The van der Waals surface area contributed by atoms with Crippen LogP contribution in [0.5, 0.6) is 0 Å². The standard InChI is InChI=1S/C26H19F2N3O/c1-17(18-7-11-22(27)12-8-18)30-31-26(32)21-15-24(19-5-3-2-4-6-19)29-25(16-21)20-9-13-23(28)14-10-20/h2-16H,1H3,(H,31,32)/b30-17+. The molecule has 0 spiro atoms. The van der Waals surface area contributed by atoms with Crippen LogP contribution in [-0.2, 0) is 0 Å². The van der Waals surface area contributed by atoms with Crippen LogP contribution in [-0.4, -0.2) is 16.6 Å². The number of halogens is 2. The Morgan fingerprint density at radius 1 is 0.750 bits per heavy atom. The third kappa shape index (κ3) is 4.92. The van der Waals surface area contributed by atoms with Gasteiger partial charge in [-0.3, -0.25) is 4.79 Å². The van der Waals surface area contributed by atoms with Gasteiger partial charge < -0.3 is 0 Å². The fraction of sp³-hybridized carbons (Fsp3) is 0.0385. The number of nitrogens with one attached hydrogen (secondary N) is 1. The topological polar surface area (TPSA) is 54.4 Å². The molecule has 0 unspecified atom stereocenters. The quantitative estimate of drug-likeness (QED) is 0.321. The van der Waals surface area contributed by atoms with Gasteiger partial charge in [0.05, 0.1) is 17.1 Å². The van der Waals surface area contributed by atoms with E-state index in [1.807, 2.05) is 30.3 Å². The van der Waals surface area contributed by atoms with Crippen LogP contribution in [0, 0.1) is 11.6 Å². The number of hydrogen-bond acceptors (Lipinski definition) is 3. The lowest BCUT2D eigenvalue weighted by atomic mass is 10.0. The minimum absolute atomic E-state index is 0.343. The first-order chi connectivity index (χ1) is 15.5. The number of nitrogens with zero attached hydrogens (tertiary/aromatic N) is 2. The number of aromatic nitrogens is 1. The van der Waals surface area contributed by atoms with Gasteiger partial charge in [-0.1, -0.05) is 42.5 Å². The van der Waals surface area contributed by atoms with Gasteiger partial charge in [0.15, 0.2) is 0 Å². The zero-order chi connectivity index (χ0) is 22.5. The van der Waals surface area contributed by atoms with Gasteiger partial charge in [0.25, 0.3) is 5.91 Å². The summed E-state index contributed by atoms with van der Waals surface area (Å²) in [6.45, 7) is 1.72. The first-order valence-electron chi connectivity index (χ1n) is 9.93. The van der Waals surface area contributed by atoms with Crippen LogP contribution in [0.2, 0.25) is 0 Å². The molecule has 0 saturated heterocycles. The summed E-state index contributed by atoms with van der Waals surface area (Å²) in [5.41, 5.74) is 6.81. The van der Waals surface area contributed by atoms with E-state index in [-0.39, 0.29) is 11.6 Å². The van der Waals surface area contributed by atoms with Crippen LogP contribution in [0.3, 0.4) is 0 Å². The number of hydrogen-bond donors (Lipinski definition) is 1. The van der Waals surface area contributed by atoms with Crippen molar-refractivity contribution < 1.29 is 13.6 Å². The lowest BCUT2D eigenvalue weighted by Crippen LogP contribution is -2.19. The van der Waals surface area contributed by atoms with E-state index >= 15 is 0 Å². The highest BCUT2D eigenvalue weighted by Crippen LogP contribution is 2.25. The fourth-order valence-electron chi connectivity index (χ4n) is 3.14. The molecule has 0 aliphatic rings. The second-order valence-electron chi connectivity index (χ2n) is 7.14. The third-order valence-corrected chi connectivity index (χ3v) is 4.88. The van der Waals surface area contributed by atoms with Crippen molar-refractivity contribution in [1.82, 2.24) is 10.4 Å². The molecule has 158 valence electrons. The van der Waals surface area contributed by atoms with E-state index in [0.717, 1.165) is 5.56 Å². The molecule has 0 atom stereocenters. The van der Waals surface area contributed by atoms with Crippen molar-refractivity contribution in [2.45, 2.75) is 6.92 Å². The molecule has 0 aliphatic heterocycles. The molecule has 0 bridgehead atoms. The Labute approximate surface area is 184 Å². The smallest absolute Gasteiger partial charge is 0.267 e. The van der Waals surface area contributed by atoms with Gasteiger partial charge in [0.2, 0.25) is 0 Å². The van der Waals surface area contributed by atoms with Crippen LogP contribution >= 0.6 is 0 Å². The number of benzene rings is 3. The molecular weight excluding hydrogens is 408 g/mol. The third-order valence-electron chi connectivity index (χ3n) is 4.88. The molecule has 0 aliphatic carbocycles. The Hall–Kier alpha value is -4.19. The first kappa shape index (κ1) is 21.1. The molecule has 1 N–H and O–H groups in total. The molecule has 0 radical (unpaired) electrons. The number of pyridine rings is 1. The largest absolute Gasteiger partial charge is 0.271 e. The Balaban J connectivity index is 1.68. The molecule has 4 nitrogen and oxygen atoms in total. The van der Waals surface area contributed by atoms with Crippen LogP contribution in [0.25, 0.3) is 22.5 Å². The van der Waals surface area contributed by atoms with Crippen LogP contribution in [0.4, 0.5) is 8.78 Å². The Morgan fingerprint density at radius 3 is 1.88 bits per heavy atom. The maximum Gasteiger partial charge on any atom is 0.271 e. The zero-order valence-corrected chi connectivity index (χ0v) is 17.2. The number of rotatable bonds is 5. The van der Waals surface area contributed by atoms with Crippen molar-refractivity contribution in [2.24, 2.45) is 5.10 Å². The molecule has 1 heterocycles. The highest BCUT2D eigenvalue weighted by atomic mass is 19.1. The molecule has 0 fully saturated rings. The van der Waals surface area contributed by atoms with Crippen LogP contribution in [0.15, 0.2) is 96.1 Å². The summed E-state index contributed by atoms with van der Waals surface area (Å²) in [6.07, 6.45) is 0. The van der Waals surface area contributed by atoms with E-state index in [4.69, 9.17) is 0 Å². The lowest BCUT2D eigenvalue weighted by molar-refractivity contribution is 0.0955. The Morgan fingerprint density at radius 2 is 1.28 bits per heavy atom. The molecule has 4 aromatic rings. The Kier molecular flexibility index (Phi) is 6.12. The Bertz CT molecular complexity index is 1270. The fourth-order valence-corrected chi connectivity index (χ4v) is 3.14. The second kappa shape index (κ2) is 9.31.